The molecule has 1 N–H and O–H groups in total. The average molecular weight is 493 g/mol. The molecule has 1 amide bonds. The van der Waals surface area contributed by atoms with Crippen LogP contribution >= 0.6 is 15.9 Å². The van der Waals surface area contributed by atoms with Gasteiger partial charge in [-0.15, -0.1) is 0 Å². The minimum Gasteiger partial charge on any atom is -0.322 e. The lowest BCUT2D eigenvalue weighted by Gasteiger charge is -2.29. The summed E-state index contributed by atoms with van der Waals surface area (Å²) in [4.78, 5) is 12.9. The Hall–Kier alpha value is -1.70. The molecule has 0 bridgehead atoms. The van der Waals surface area contributed by atoms with Crippen molar-refractivity contribution < 1.29 is 13.2 Å². The highest BCUT2D eigenvalue weighted by Gasteiger charge is 2.28. The number of hydrogen-bond donors (Lipinski definition) is 1. The molecule has 5 nitrogen and oxygen atoms in total. The molecule has 0 saturated carbocycles. The fourth-order valence-electron chi connectivity index (χ4n) is 3.55. The molecule has 1 saturated heterocycles. The van der Waals surface area contributed by atoms with E-state index in [0.29, 0.717) is 30.3 Å². The zero-order valence-corrected chi connectivity index (χ0v) is 20.3. The molecule has 0 aromatic heterocycles. The number of nitrogens with zero attached hydrogens (tertiary/aromatic N) is 1. The second kappa shape index (κ2) is 8.81. The molecule has 0 spiro atoms. The molecule has 7 heteroatoms. The highest BCUT2D eigenvalue weighted by atomic mass is 79.9. The Morgan fingerprint density at radius 2 is 1.67 bits per heavy atom. The van der Waals surface area contributed by atoms with Gasteiger partial charge in [0.1, 0.15) is 0 Å². The molecule has 30 heavy (non-hydrogen) atoms. The van der Waals surface area contributed by atoms with E-state index < -0.39 is 10.0 Å². The van der Waals surface area contributed by atoms with Crippen molar-refractivity contribution in [3.63, 3.8) is 0 Å². The van der Waals surface area contributed by atoms with Crippen LogP contribution in [0.5, 0.6) is 0 Å². The van der Waals surface area contributed by atoms with Gasteiger partial charge in [-0.1, -0.05) is 49.7 Å². The lowest BCUT2D eigenvalue weighted by atomic mass is 9.86. The van der Waals surface area contributed by atoms with Gasteiger partial charge in [0.25, 0.3) is 5.91 Å². The van der Waals surface area contributed by atoms with Gasteiger partial charge in [0, 0.05) is 28.8 Å². The predicted molar refractivity (Wildman–Crippen MR) is 124 cm³/mol. The fourth-order valence-corrected chi connectivity index (χ4v) is 6.00. The summed E-state index contributed by atoms with van der Waals surface area (Å²) in [7, 11) is -3.49. The molecule has 0 unspecified atom stereocenters. The zero-order valence-electron chi connectivity index (χ0n) is 17.9. The molecule has 1 heterocycles. The molecule has 3 rings (SSSR count). The summed E-state index contributed by atoms with van der Waals surface area (Å²) >= 11 is 3.56. The summed E-state index contributed by atoms with van der Waals surface area (Å²) in [5.41, 5.74) is 2.19. The summed E-state index contributed by atoms with van der Waals surface area (Å²) < 4.78 is 28.1. The van der Waals surface area contributed by atoms with Gasteiger partial charge in [-0.2, -0.15) is 4.31 Å². The quantitative estimate of drug-likeness (QED) is 0.619. The van der Waals surface area contributed by atoms with Crippen molar-refractivity contribution >= 4 is 37.5 Å². The second-order valence-electron chi connectivity index (χ2n) is 9.01. The summed E-state index contributed by atoms with van der Waals surface area (Å²) in [6.45, 7) is 9.62. The van der Waals surface area contributed by atoms with Crippen molar-refractivity contribution in [1.82, 2.24) is 4.31 Å². The highest BCUT2D eigenvalue weighted by molar-refractivity contribution is 9.10. The Bertz CT molecular complexity index is 1020. The minimum atomic E-state index is -3.49. The molecule has 1 aliphatic rings. The molecular formula is C23H29BrN2O3S. The third-order valence-electron chi connectivity index (χ3n) is 5.53. The maximum Gasteiger partial charge on any atom is 0.255 e. The molecular weight excluding hydrogens is 464 g/mol. The van der Waals surface area contributed by atoms with E-state index in [2.05, 4.69) is 48.9 Å². The number of sulfonamides is 1. The number of anilines is 1. The molecule has 2 aromatic rings. The van der Waals surface area contributed by atoms with Gasteiger partial charge in [-0.3, -0.25) is 4.79 Å². The fraction of sp³-hybridized carbons (Fsp3) is 0.435. The van der Waals surface area contributed by atoms with Crippen LogP contribution in [0.1, 0.15) is 56.5 Å². The summed E-state index contributed by atoms with van der Waals surface area (Å²) in [6, 6.07) is 12.0. The van der Waals surface area contributed by atoms with Gasteiger partial charge in [0.05, 0.1) is 4.90 Å². The SMILES string of the molecule is CC1CCN(S(=O)(=O)c2ccc(NC(=O)c3ccc(C(C)(C)C)c(Br)c3)cc2)CC1. The van der Waals surface area contributed by atoms with Gasteiger partial charge in [0.15, 0.2) is 0 Å². The average Bonchev–Trinajstić information content (AvgIpc) is 2.67. The lowest BCUT2D eigenvalue weighted by Crippen LogP contribution is -2.37. The van der Waals surface area contributed by atoms with E-state index in [1.165, 1.54) is 0 Å². The van der Waals surface area contributed by atoms with Crippen molar-refractivity contribution in [3.8, 4) is 0 Å². The number of piperidine rings is 1. The zero-order chi connectivity index (χ0) is 22.1. The third-order valence-corrected chi connectivity index (χ3v) is 8.10. The molecule has 0 radical (unpaired) electrons. The van der Waals surface area contributed by atoms with E-state index in [1.54, 1.807) is 34.6 Å². The van der Waals surface area contributed by atoms with Gasteiger partial charge in [0.2, 0.25) is 10.0 Å². The van der Waals surface area contributed by atoms with Crippen LogP contribution in [0.4, 0.5) is 5.69 Å². The van der Waals surface area contributed by atoms with E-state index in [1.807, 2.05) is 12.1 Å². The van der Waals surface area contributed by atoms with Crippen LogP contribution in [0.25, 0.3) is 0 Å². The van der Waals surface area contributed by atoms with Crippen molar-refractivity contribution in [3.05, 3.63) is 58.1 Å². The van der Waals surface area contributed by atoms with E-state index in [9.17, 15) is 13.2 Å². The van der Waals surface area contributed by atoms with Crippen molar-refractivity contribution in [1.29, 1.82) is 0 Å². The normalized spacial score (nSPS) is 16.4. The van der Waals surface area contributed by atoms with Crippen LogP contribution < -0.4 is 5.32 Å². The number of carbonyl (C=O) groups excluding carboxylic acids is 1. The van der Waals surface area contributed by atoms with Crippen molar-refractivity contribution in [2.24, 2.45) is 5.92 Å². The summed E-state index contributed by atoms with van der Waals surface area (Å²) in [5.74, 6) is 0.323. The summed E-state index contributed by atoms with van der Waals surface area (Å²) in [6.07, 6.45) is 1.77. The Morgan fingerprint density at radius 3 is 2.20 bits per heavy atom. The van der Waals surface area contributed by atoms with Crippen LogP contribution in [-0.4, -0.2) is 31.7 Å². The summed E-state index contributed by atoms with van der Waals surface area (Å²) in [5, 5.41) is 2.84. The first-order chi connectivity index (χ1) is 14.0. The maximum atomic E-state index is 12.8. The number of hydrogen-bond acceptors (Lipinski definition) is 3. The number of halogens is 1. The predicted octanol–water partition coefficient (Wildman–Crippen LogP) is 5.42. The second-order valence-corrected chi connectivity index (χ2v) is 11.8. The molecule has 1 aliphatic heterocycles. The van der Waals surface area contributed by atoms with Gasteiger partial charge in [-0.05, 0) is 66.1 Å². The van der Waals surface area contributed by atoms with E-state index >= 15 is 0 Å². The van der Waals surface area contributed by atoms with Crippen LogP contribution in [0.2, 0.25) is 0 Å². The van der Waals surface area contributed by atoms with Crippen LogP contribution in [0, 0.1) is 5.92 Å². The number of carbonyl (C=O) groups is 1. The Kier molecular flexibility index (Phi) is 6.75. The Balaban J connectivity index is 1.71. The van der Waals surface area contributed by atoms with Gasteiger partial charge >= 0.3 is 0 Å². The number of amides is 1. The number of rotatable bonds is 4. The largest absolute Gasteiger partial charge is 0.322 e. The Labute approximate surface area is 188 Å². The third kappa shape index (κ3) is 5.13. The molecule has 2 aromatic carbocycles. The molecule has 0 atom stereocenters. The molecule has 162 valence electrons. The van der Waals surface area contributed by atoms with Crippen LogP contribution in [-0.2, 0) is 15.4 Å². The Morgan fingerprint density at radius 1 is 1.07 bits per heavy atom. The minimum absolute atomic E-state index is 0.0262. The number of benzene rings is 2. The smallest absolute Gasteiger partial charge is 0.255 e. The highest BCUT2D eigenvalue weighted by Crippen LogP contribution is 2.30. The first kappa shape index (κ1) is 23.0. The lowest BCUT2D eigenvalue weighted by molar-refractivity contribution is 0.102. The van der Waals surface area contributed by atoms with E-state index in [4.69, 9.17) is 0 Å². The standard InChI is InChI=1S/C23H29BrN2O3S/c1-16-11-13-26(14-12-16)30(28,29)19-8-6-18(7-9-19)25-22(27)17-5-10-20(21(24)15-17)23(2,3)4/h5-10,15-16H,11-14H2,1-4H3,(H,25,27). The van der Waals surface area contributed by atoms with E-state index in [0.717, 1.165) is 22.9 Å². The van der Waals surface area contributed by atoms with Gasteiger partial charge in [-0.25, -0.2) is 8.42 Å². The van der Waals surface area contributed by atoms with Crippen LogP contribution in [0.3, 0.4) is 0 Å². The monoisotopic (exact) mass is 492 g/mol. The molecule has 0 aliphatic carbocycles. The van der Waals surface area contributed by atoms with E-state index in [-0.39, 0.29) is 16.2 Å². The maximum absolute atomic E-state index is 12.8. The first-order valence-electron chi connectivity index (χ1n) is 10.2. The van der Waals surface area contributed by atoms with Crippen molar-refractivity contribution in [2.45, 2.75) is 50.8 Å². The number of nitrogens with one attached hydrogen (secondary N) is 1. The van der Waals surface area contributed by atoms with Gasteiger partial charge < -0.3 is 5.32 Å². The first-order valence-corrected chi connectivity index (χ1v) is 12.4. The topological polar surface area (TPSA) is 66.5 Å². The van der Waals surface area contributed by atoms with Crippen LogP contribution in [0.15, 0.2) is 51.8 Å². The van der Waals surface area contributed by atoms with Crippen molar-refractivity contribution in [2.75, 3.05) is 18.4 Å². The molecule has 1 fully saturated rings.